The van der Waals surface area contributed by atoms with Crippen molar-refractivity contribution in [1.82, 2.24) is 10.6 Å². The van der Waals surface area contributed by atoms with Gasteiger partial charge in [0.05, 0.1) is 39.1 Å². The van der Waals surface area contributed by atoms with E-state index >= 15 is 0 Å². The summed E-state index contributed by atoms with van der Waals surface area (Å²) in [6.07, 6.45) is -53.4. The molecule has 32 nitrogen and oxygen atoms in total. The first kappa shape index (κ1) is 59.1. The van der Waals surface area contributed by atoms with Crippen LogP contribution in [0.4, 0.5) is 0 Å². The number of hydrogen-bond donors (Lipinski definition) is 19. The number of rotatable bonds is 17. The molecule has 6 heterocycles. The number of amides is 2. The Bertz CT molecular complexity index is 1730. The summed E-state index contributed by atoms with van der Waals surface area (Å²) >= 11 is 0. The summed E-state index contributed by atoms with van der Waals surface area (Å²) in [7, 11) is 0. The van der Waals surface area contributed by atoms with Gasteiger partial charge in [0.1, 0.15) is 140 Å². The first-order valence-corrected chi connectivity index (χ1v) is 23.0. The quantitative estimate of drug-likeness (QED) is 0.0643. The fourth-order valence-corrected chi connectivity index (χ4v) is 9.24. The van der Waals surface area contributed by atoms with Gasteiger partial charge in [-0.25, -0.2) is 0 Å². The Balaban J connectivity index is 1.34. The first-order valence-electron chi connectivity index (χ1n) is 23.0. The van der Waals surface area contributed by atoms with Crippen molar-refractivity contribution in [2.45, 2.75) is 205 Å². The fourth-order valence-electron chi connectivity index (χ4n) is 9.24. The summed E-state index contributed by atoms with van der Waals surface area (Å²) < 4.78 is 64.1. The van der Waals surface area contributed by atoms with Gasteiger partial charge in [0, 0.05) is 13.8 Å². The van der Waals surface area contributed by atoms with E-state index in [0.717, 1.165) is 13.8 Å². The van der Waals surface area contributed by atoms with Crippen LogP contribution in [-0.2, 0) is 61.7 Å². The lowest BCUT2D eigenvalue weighted by molar-refractivity contribution is -0.400. The van der Waals surface area contributed by atoms with Crippen LogP contribution in [0.1, 0.15) is 20.8 Å². The fraction of sp³-hybridized carbons (Fsp3) is 0.950. The molecule has 1 unspecified atom stereocenters. The van der Waals surface area contributed by atoms with Gasteiger partial charge in [-0.05, 0) is 6.92 Å². The molecule has 6 aliphatic rings. The maximum atomic E-state index is 13.0. The lowest BCUT2D eigenvalue weighted by atomic mass is 9.93. The highest BCUT2D eigenvalue weighted by Crippen LogP contribution is 2.38. The second kappa shape index (κ2) is 25.3. The third-order valence-electron chi connectivity index (χ3n) is 13.2. The minimum absolute atomic E-state index is 0.725. The maximum absolute atomic E-state index is 13.0. The van der Waals surface area contributed by atoms with Crippen molar-refractivity contribution in [3.05, 3.63) is 0 Å². The van der Waals surface area contributed by atoms with Crippen LogP contribution >= 0.6 is 0 Å². The topological polar surface area (TPSA) is 504 Å². The van der Waals surface area contributed by atoms with E-state index in [0.29, 0.717) is 0 Å². The monoisotopic (exact) mass is 1060 g/mol. The van der Waals surface area contributed by atoms with Gasteiger partial charge in [0.2, 0.25) is 11.8 Å². The third-order valence-corrected chi connectivity index (χ3v) is 13.2. The van der Waals surface area contributed by atoms with E-state index in [2.05, 4.69) is 10.6 Å². The lowest BCUT2D eigenvalue weighted by Gasteiger charge is -2.52. The predicted octanol–water partition coefficient (Wildman–Crippen LogP) is -12.8. The average Bonchev–Trinajstić information content (AvgIpc) is 3.34. The number of nitrogens with one attached hydrogen (secondary N) is 2. The van der Waals surface area contributed by atoms with Gasteiger partial charge in [-0.3, -0.25) is 9.59 Å². The summed E-state index contributed by atoms with van der Waals surface area (Å²) in [6, 6.07) is -3.41. The summed E-state index contributed by atoms with van der Waals surface area (Å²) in [5, 5.41) is 187. The number of carbonyl (C=O) groups is 2. The van der Waals surface area contributed by atoms with Crippen molar-refractivity contribution in [3.63, 3.8) is 0 Å². The molecular weight excluding hydrogens is 988 g/mol. The first-order chi connectivity index (χ1) is 34.0. The molecule has 72 heavy (non-hydrogen) atoms. The highest BCUT2D eigenvalue weighted by molar-refractivity contribution is 5.73. The molecule has 6 saturated heterocycles. The van der Waals surface area contributed by atoms with Crippen molar-refractivity contribution in [2.24, 2.45) is 0 Å². The second-order valence-electron chi connectivity index (χ2n) is 18.2. The smallest absolute Gasteiger partial charge is 0.217 e. The van der Waals surface area contributed by atoms with E-state index in [4.69, 9.17) is 52.1 Å². The molecule has 0 radical (unpaired) electrons. The zero-order chi connectivity index (χ0) is 53.2. The molecular formula is C40H68N2O30. The van der Waals surface area contributed by atoms with E-state index in [1.807, 2.05) is 0 Å². The van der Waals surface area contributed by atoms with E-state index in [9.17, 15) is 96.4 Å². The molecule has 0 aromatic carbocycles. The van der Waals surface area contributed by atoms with Crippen molar-refractivity contribution in [2.75, 3.05) is 33.0 Å². The minimum atomic E-state index is -2.22. The molecule has 6 rings (SSSR count). The Morgan fingerprint density at radius 1 is 0.361 bits per heavy atom. The van der Waals surface area contributed by atoms with Gasteiger partial charge >= 0.3 is 0 Å². The normalized spacial score (nSPS) is 50.3. The van der Waals surface area contributed by atoms with E-state index in [1.165, 1.54) is 6.92 Å². The molecule has 0 saturated carbocycles. The Hall–Kier alpha value is -2.18. The van der Waals surface area contributed by atoms with E-state index < -0.39 is 229 Å². The average molecular weight is 1060 g/mol. The van der Waals surface area contributed by atoms with Crippen molar-refractivity contribution < 1.29 is 149 Å². The zero-order valence-corrected chi connectivity index (χ0v) is 38.8. The van der Waals surface area contributed by atoms with Crippen molar-refractivity contribution in [1.29, 1.82) is 0 Å². The van der Waals surface area contributed by atoms with Crippen LogP contribution in [0.2, 0.25) is 0 Å². The Morgan fingerprint density at radius 3 is 1.32 bits per heavy atom. The standard InChI is InChI=1S/C40H68N2O30/c1-9-19(50)24(55)27(58)37(62-9)70-32-18(42-11(3)49)36(67-16(8-47)31(32)69-38-28(59)25(56)20(51)12(4-43)64-38)72-34-26(57)21(52)13(5-44)66-40(34)71-33-22(53)14(6-45)65-39(29(33)60)68-30-15(7-46)63-35(61)17(23(30)54)41-10(2)48/h9,12-40,43-47,50-61H,4-8H2,1-3H3,(H,41,48)(H,42,49)/t9-,12+,13+,14+,15+,16+,17+,18+,19+,20-,21+,22+,23+,24+,25-,26-,27-,28+,29-,30+,31+,32+,33-,34-,35?,36-,37-,38-,39-,40+/m0/s1. The molecule has 0 bridgehead atoms. The number of ether oxygens (including phenoxy) is 11. The molecule has 0 spiro atoms. The predicted molar refractivity (Wildman–Crippen MR) is 221 cm³/mol. The molecule has 0 aromatic rings. The summed E-state index contributed by atoms with van der Waals surface area (Å²) in [5.41, 5.74) is 0. The van der Waals surface area contributed by atoms with Crippen LogP contribution < -0.4 is 10.6 Å². The van der Waals surface area contributed by atoms with Crippen molar-refractivity contribution >= 4 is 11.8 Å². The Kier molecular flexibility index (Phi) is 20.8. The molecule has 19 N–H and O–H groups in total. The van der Waals surface area contributed by atoms with Crippen LogP contribution in [0.25, 0.3) is 0 Å². The Labute approximate surface area is 408 Å². The number of carbonyl (C=O) groups excluding carboxylic acids is 2. The van der Waals surface area contributed by atoms with Gasteiger partial charge < -0.3 is 150 Å². The van der Waals surface area contributed by atoms with Crippen LogP contribution in [0.15, 0.2) is 0 Å². The van der Waals surface area contributed by atoms with Gasteiger partial charge in [0.15, 0.2) is 37.7 Å². The van der Waals surface area contributed by atoms with Crippen molar-refractivity contribution in [3.8, 4) is 0 Å². The maximum Gasteiger partial charge on any atom is 0.217 e. The van der Waals surface area contributed by atoms with E-state index in [-0.39, 0.29) is 0 Å². The number of aliphatic hydroxyl groups excluding tert-OH is 17. The highest BCUT2D eigenvalue weighted by atomic mass is 16.8. The lowest BCUT2D eigenvalue weighted by Crippen LogP contribution is -2.71. The van der Waals surface area contributed by atoms with E-state index in [1.54, 1.807) is 0 Å². The molecule has 6 aliphatic heterocycles. The summed E-state index contributed by atoms with van der Waals surface area (Å²) in [4.78, 5) is 24.9. The molecule has 6 fully saturated rings. The minimum Gasteiger partial charge on any atom is -0.394 e. The summed E-state index contributed by atoms with van der Waals surface area (Å²) in [5.74, 6) is -1.62. The molecule has 0 aliphatic carbocycles. The van der Waals surface area contributed by atoms with Crippen LogP contribution in [0.3, 0.4) is 0 Å². The van der Waals surface area contributed by atoms with Gasteiger partial charge in [-0.15, -0.1) is 0 Å². The number of aliphatic hydroxyl groups is 17. The Morgan fingerprint density at radius 2 is 0.764 bits per heavy atom. The SMILES string of the molecule is CC(=O)N[C@H]1[C@H](O[C@@H]2[C@@H](O[C@@H]3[C@H](O)[C@H](O[C@H]4[C@H](O)[C@@H](NC(C)=O)C(O)O[C@@H]4CO)O[C@H](CO)[C@H]3O)O[C@H](CO)[C@@H](O)[C@@H]2O)O[C@H](CO)[C@@H](O[C@@H]2O[C@H](CO)[C@H](O)[C@H](O)[C@H]2O)[C@@H]1O[C@@H]1O[C@@H](C)[C@@H](O)[C@@H](O)[C@@H]1O. The largest absolute Gasteiger partial charge is 0.394 e. The molecule has 30 atom stereocenters. The van der Waals surface area contributed by atoms with Gasteiger partial charge in [-0.1, -0.05) is 0 Å². The second-order valence-corrected chi connectivity index (χ2v) is 18.2. The van der Waals surface area contributed by atoms with Crippen LogP contribution in [0.5, 0.6) is 0 Å². The van der Waals surface area contributed by atoms with Crippen LogP contribution in [0, 0.1) is 0 Å². The third kappa shape index (κ3) is 12.5. The number of hydrogen-bond acceptors (Lipinski definition) is 30. The zero-order valence-electron chi connectivity index (χ0n) is 38.8. The molecule has 2 amide bonds. The molecule has 32 heteroatoms. The van der Waals surface area contributed by atoms with Crippen LogP contribution in [-0.4, -0.2) is 316 Å². The summed E-state index contributed by atoms with van der Waals surface area (Å²) in [6.45, 7) is -1.61. The highest BCUT2D eigenvalue weighted by Gasteiger charge is 2.59. The molecule has 418 valence electrons. The van der Waals surface area contributed by atoms with Gasteiger partial charge in [0.25, 0.3) is 0 Å². The van der Waals surface area contributed by atoms with Gasteiger partial charge in [-0.2, -0.15) is 0 Å². The molecule has 0 aromatic heterocycles.